The lowest BCUT2D eigenvalue weighted by Gasteiger charge is -2.35. The van der Waals surface area contributed by atoms with E-state index in [1.165, 1.54) is 4.31 Å². The van der Waals surface area contributed by atoms with Gasteiger partial charge in [0.1, 0.15) is 0 Å². The quantitative estimate of drug-likeness (QED) is 0.757. The number of carbonyl (C=O) groups is 1. The minimum Gasteiger partial charge on any atom is -0.339 e. The van der Waals surface area contributed by atoms with Crippen molar-refractivity contribution in [3.8, 4) is 0 Å². The molecule has 24 heavy (non-hydrogen) atoms. The minimum atomic E-state index is -3.18. The maximum atomic E-state index is 12.3. The SMILES string of the molecule is CCS(=O)(=O)N(C)C1CCN(C(=O)C=Cc2ccc(C)nc2)CC1. The van der Waals surface area contributed by atoms with Crippen molar-refractivity contribution < 1.29 is 13.2 Å². The summed E-state index contributed by atoms with van der Waals surface area (Å²) in [4.78, 5) is 18.2. The molecular weight excluding hydrogens is 326 g/mol. The number of carbonyl (C=O) groups excluding carboxylic acids is 1. The lowest BCUT2D eigenvalue weighted by Crippen LogP contribution is -2.47. The van der Waals surface area contributed by atoms with Gasteiger partial charge >= 0.3 is 0 Å². The molecule has 1 amide bonds. The lowest BCUT2D eigenvalue weighted by atomic mass is 10.1. The summed E-state index contributed by atoms with van der Waals surface area (Å²) in [5, 5.41) is 0. The van der Waals surface area contributed by atoms with Gasteiger partial charge in [0.15, 0.2) is 0 Å². The molecule has 0 unspecified atom stereocenters. The summed E-state index contributed by atoms with van der Waals surface area (Å²) in [5.41, 5.74) is 1.82. The number of hydrogen-bond donors (Lipinski definition) is 0. The van der Waals surface area contributed by atoms with Crippen molar-refractivity contribution in [1.29, 1.82) is 0 Å². The van der Waals surface area contributed by atoms with E-state index >= 15 is 0 Å². The van der Waals surface area contributed by atoms with E-state index in [0.29, 0.717) is 25.9 Å². The summed E-state index contributed by atoms with van der Waals surface area (Å²) in [6.45, 7) is 4.71. The molecule has 2 rings (SSSR count). The molecule has 0 radical (unpaired) electrons. The zero-order valence-corrected chi connectivity index (χ0v) is 15.3. The van der Waals surface area contributed by atoms with Gasteiger partial charge in [-0.3, -0.25) is 9.78 Å². The molecule has 0 saturated carbocycles. The van der Waals surface area contributed by atoms with E-state index in [1.54, 1.807) is 37.2 Å². The summed E-state index contributed by atoms with van der Waals surface area (Å²) in [6.07, 6.45) is 6.38. The summed E-state index contributed by atoms with van der Waals surface area (Å²) < 4.78 is 25.3. The second-order valence-electron chi connectivity index (χ2n) is 6.04. The van der Waals surface area contributed by atoms with Crippen molar-refractivity contribution in [2.24, 2.45) is 0 Å². The van der Waals surface area contributed by atoms with Crippen LogP contribution in [0.25, 0.3) is 6.08 Å². The van der Waals surface area contributed by atoms with Crippen LogP contribution < -0.4 is 0 Å². The fourth-order valence-corrected chi connectivity index (χ4v) is 3.80. The first kappa shape index (κ1) is 18.6. The Hall–Kier alpha value is -1.73. The number of nitrogens with zero attached hydrogens (tertiary/aromatic N) is 3. The van der Waals surface area contributed by atoms with E-state index in [1.807, 2.05) is 19.1 Å². The van der Waals surface area contributed by atoms with Gasteiger partial charge in [0, 0.05) is 44.1 Å². The van der Waals surface area contributed by atoms with Crippen LogP contribution in [-0.4, -0.2) is 60.4 Å². The van der Waals surface area contributed by atoms with Gasteiger partial charge in [-0.2, -0.15) is 0 Å². The number of sulfonamides is 1. The molecule has 0 bridgehead atoms. The van der Waals surface area contributed by atoms with E-state index in [4.69, 9.17) is 0 Å². The van der Waals surface area contributed by atoms with Gasteiger partial charge in [0.25, 0.3) is 0 Å². The topological polar surface area (TPSA) is 70.6 Å². The summed E-state index contributed by atoms with van der Waals surface area (Å²) in [5.74, 6) is 0.0608. The zero-order chi connectivity index (χ0) is 17.7. The molecule has 1 aromatic rings. The van der Waals surface area contributed by atoms with Crippen LogP contribution in [0.2, 0.25) is 0 Å². The van der Waals surface area contributed by atoms with Crippen LogP contribution in [0.15, 0.2) is 24.4 Å². The predicted octanol–water partition coefficient (Wildman–Crippen LogP) is 1.68. The molecule has 0 aromatic carbocycles. The second-order valence-corrected chi connectivity index (χ2v) is 8.36. The Balaban J connectivity index is 1.90. The number of pyridine rings is 1. The monoisotopic (exact) mass is 351 g/mol. The Kier molecular flexibility index (Phi) is 6.12. The van der Waals surface area contributed by atoms with Gasteiger partial charge in [0.2, 0.25) is 15.9 Å². The van der Waals surface area contributed by atoms with Gasteiger partial charge in [-0.25, -0.2) is 12.7 Å². The predicted molar refractivity (Wildman–Crippen MR) is 94.8 cm³/mol. The van der Waals surface area contributed by atoms with Crippen LogP contribution >= 0.6 is 0 Å². The van der Waals surface area contributed by atoms with Crippen LogP contribution in [0.3, 0.4) is 0 Å². The van der Waals surface area contributed by atoms with Gasteiger partial charge < -0.3 is 4.90 Å². The van der Waals surface area contributed by atoms with E-state index < -0.39 is 10.0 Å². The number of likely N-dealkylation sites (tertiary alicyclic amines) is 1. The third-order valence-corrected chi connectivity index (χ3v) is 6.35. The van der Waals surface area contributed by atoms with Crippen LogP contribution in [0, 0.1) is 6.92 Å². The molecule has 1 fully saturated rings. The molecule has 1 aromatic heterocycles. The van der Waals surface area contributed by atoms with Gasteiger partial charge in [0.05, 0.1) is 5.75 Å². The average Bonchev–Trinajstić information content (AvgIpc) is 2.60. The highest BCUT2D eigenvalue weighted by molar-refractivity contribution is 7.89. The molecule has 0 aliphatic carbocycles. The first-order chi connectivity index (χ1) is 11.3. The third kappa shape index (κ3) is 4.64. The van der Waals surface area contributed by atoms with Crippen molar-refractivity contribution in [1.82, 2.24) is 14.2 Å². The molecule has 132 valence electrons. The smallest absolute Gasteiger partial charge is 0.246 e. The van der Waals surface area contributed by atoms with Crippen molar-refractivity contribution in [3.05, 3.63) is 35.7 Å². The van der Waals surface area contributed by atoms with Crippen LogP contribution in [-0.2, 0) is 14.8 Å². The Morgan fingerprint density at radius 2 is 2.04 bits per heavy atom. The standard InChI is InChI=1S/C17H25N3O3S/c1-4-24(22,23)19(3)16-9-11-20(12-10-16)17(21)8-7-15-6-5-14(2)18-13-15/h5-8,13,16H,4,9-12H2,1-3H3. The normalized spacial score (nSPS) is 16.9. The summed E-state index contributed by atoms with van der Waals surface area (Å²) in [7, 11) is -1.55. The van der Waals surface area contributed by atoms with Crippen LogP contribution in [0.5, 0.6) is 0 Å². The molecule has 0 spiro atoms. The Morgan fingerprint density at radius 3 is 2.58 bits per heavy atom. The zero-order valence-electron chi connectivity index (χ0n) is 14.5. The van der Waals surface area contributed by atoms with Crippen molar-refractivity contribution in [2.45, 2.75) is 32.7 Å². The number of rotatable bonds is 5. The number of piperidine rings is 1. The molecule has 6 nitrogen and oxygen atoms in total. The molecule has 0 atom stereocenters. The second kappa shape index (κ2) is 7.90. The number of aryl methyl sites for hydroxylation is 1. The van der Waals surface area contributed by atoms with Crippen LogP contribution in [0.1, 0.15) is 31.0 Å². The average molecular weight is 351 g/mol. The number of hydrogen-bond acceptors (Lipinski definition) is 4. The molecule has 1 saturated heterocycles. The van der Waals surface area contributed by atoms with Crippen molar-refractivity contribution in [3.63, 3.8) is 0 Å². The molecular formula is C17H25N3O3S. The highest BCUT2D eigenvalue weighted by Gasteiger charge is 2.29. The molecule has 1 aliphatic heterocycles. The highest BCUT2D eigenvalue weighted by atomic mass is 32.2. The summed E-state index contributed by atoms with van der Waals surface area (Å²) in [6, 6.07) is 3.80. The van der Waals surface area contributed by atoms with E-state index in [0.717, 1.165) is 11.3 Å². The molecule has 2 heterocycles. The molecule has 1 aliphatic rings. The van der Waals surface area contributed by atoms with E-state index in [2.05, 4.69) is 4.98 Å². The van der Waals surface area contributed by atoms with Gasteiger partial charge in [-0.15, -0.1) is 0 Å². The minimum absolute atomic E-state index is 0.0238. The number of aromatic nitrogens is 1. The maximum absolute atomic E-state index is 12.3. The lowest BCUT2D eigenvalue weighted by molar-refractivity contribution is -0.127. The van der Waals surface area contributed by atoms with E-state index in [-0.39, 0.29) is 17.7 Å². The summed E-state index contributed by atoms with van der Waals surface area (Å²) >= 11 is 0. The highest BCUT2D eigenvalue weighted by Crippen LogP contribution is 2.18. The largest absolute Gasteiger partial charge is 0.339 e. The number of amides is 1. The van der Waals surface area contributed by atoms with Crippen molar-refractivity contribution >= 4 is 22.0 Å². The Morgan fingerprint density at radius 1 is 1.38 bits per heavy atom. The fourth-order valence-electron chi connectivity index (χ4n) is 2.73. The van der Waals surface area contributed by atoms with E-state index in [9.17, 15) is 13.2 Å². The fraction of sp³-hybridized carbons (Fsp3) is 0.529. The maximum Gasteiger partial charge on any atom is 0.246 e. The van der Waals surface area contributed by atoms with Gasteiger partial charge in [-0.05, 0) is 44.4 Å². The third-order valence-electron chi connectivity index (χ3n) is 4.45. The first-order valence-electron chi connectivity index (χ1n) is 8.19. The first-order valence-corrected chi connectivity index (χ1v) is 9.79. The Bertz CT molecular complexity index is 690. The van der Waals surface area contributed by atoms with Crippen molar-refractivity contribution in [2.75, 3.05) is 25.9 Å². The molecule has 0 N–H and O–H groups in total. The molecule has 7 heteroatoms. The Labute approximate surface area is 144 Å². The van der Waals surface area contributed by atoms with Crippen LogP contribution in [0.4, 0.5) is 0 Å². The van der Waals surface area contributed by atoms with Gasteiger partial charge in [-0.1, -0.05) is 6.07 Å².